The van der Waals surface area contributed by atoms with E-state index in [1.807, 2.05) is 6.07 Å². The normalized spacial score (nSPS) is 20.5. The van der Waals surface area contributed by atoms with Crippen LogP contribution in [0.2, 0.25) is 0 Å². The third-order valence-corrected chi connectivity index (χ3v) is 5.42. The summed E-state index contributed by atoms with van der Waals surface area (Å²) in [7, 11) is 0. The van der Waals surface area contributed by atoms with Crippen LogP contribution in [0.15, 0.2) is 30.3 Å². The largest absolute Gasteiger partial charge is 0.371 e. The van der Waals surface area contributed by atoms with E-state index >= 15 is 0 Å². The Labute approximate surface area is 128 Å². The van der Waals surface area contributed by atoms with Crippen molar-refractivity contribution < 1.29 is 4.74 Å². The minimum absolute atomic E-state index is 0.115. The summed E-state index contributed by atoms with van der Waals surface area (Å²) >= 11 is 1.72. The molecule has 2 aromatic rings. The lowest BCUT2D eigenvalue weighted by atomic mass is 9.79. The highest BCUT2D eigenvalue weighted by Crippen LogP contribution is 2.39. The van der Waals surface area contributed by atoms with Crippen LogP contribution in [0.4, 0.5) is 5.13 Å². The Morgan fingerprint density at radius 3 is 2.81 bits per heavy atom. The van der Waals surface area contributed by atoms with Crippen molar-refractivity contribution >= 4 is 16.5 Å². The van der Waals surface area contributed by atoms with Gasteiger partial charge in [0.25, 0.3) is 0 Å². The number of anilines is 1. The molecule has 2 heterocycles. The van der Waals surface area contributed by atoms with E-state index in [-0.39, 0.29) is 5.60 Å². The van der Waals surface area contributed by atoms with E-state index in [0.29, 0.717) is 0 Å². The van der Waals surface area contributed by atoms with Crippen LogP contribution in [0.3, 0.4) is 0 Å². The summed E-state index contributed by atoms with van der Waals surface area (Å²) in [5.41, 5.74) is 1.40. The molecule has 0 N–H and O–H groups in total. The monoisotopic (exact) mass is 301 g/mol. The van der Waals surface area contributed by atoms with Crippen molar-refractivity contribution in [3.63, 3.8) is 0 Å². The maximum atomic E-state index is 5.97. The molecule has 1 aliphatic carbocycles. The molecule has 0 atom stereocenters. The molecule has 110 valence electrons. The third kappa shape index (κ3) is 2.68. The van der Waals surface area contributed by atoms with Crippen LogP contribution in [0.1, 0.15) is 29.8 Å². The van der Waals surface area contributed by atoms with Crippen molar-refractivity contribution in [3.8, 4) is 0 Å². The number of benzene rings is 1. The zero-order valence-corrected chi connectivity index (χ0v) is 12.8. The van der Waals surface area contributed by atoms with Crippen molar-refractivity contribution in [2.24, 2.45) is 0 Å². The standard InChI is InChI=1S/C16H19N3OS/c1-2-5-13(6-3-1)11-14-17-18-15(21-14)19-9-10-20-16(12-19)7-4-8-16/h1-3,5-6H,4,7-12H2. The molecule has 1 aliphatic heterocycles. The van der Waals surface area contributed by atoms with E-state index in [9.17, 15) is 0 Å². The molecule has 1 aromatic carbocycles. The second-order valence-corrected chi connectivity index (χ2v) is 6.99. The summed E-state index contributed by atoms with van der Waals surface area (Å²) in [5.74, 6) is 0. The van der Waals surface area contributed by atoms with E-state index in [1.54, 1.807) is 11.3 Å². The van der Waals surface area contributed by atoms with Crippen LogP contribution in [-0.2, 0) is 11.2 Å². The molecule has 4 rings (SSSR count). The van der Waals surface area contributed by atoms with Crippen LogP contribution in [-0.4, -0.2) is 35.5 Å². The average molecular weight is 301 g/mol. The summed E-state index contributed by atoms with van der Waals surface area (Å²) in [6, 6.07) is 10.5. The van der Waals surface area contributed by atoms with Crippen LogP contribution in [0.25, 0.3) is 0 Å². The fourth-order valence-electron chi connectivity index (χ4n) is 3.10. The molecule has 1 saturated carbocycles. The first-order valence-electron chi connectivity index (χ1n) is 7.58. The van der Waals surface area contributed by atoms with Crippen molar-refractivity contribution in [2.45, 2.75) is 31.3 Å². The third-order valence-electron chi connectivity index (χ3n) is 4.44. The second kappa shape index (κ2) is 5.39. The van der Waals surface area contributed by atoms with Gasteiger partial charge in [-0.1, -0.05) is 41.7 Å². The van der Waals surface area contributed by atoms with E-state index in [2.05, 4.69) is 39.4 Å². The quantitative estimate of drug-likeness (QED) is 0.874. The number of hydrogen-bond donors (Lipinski definition) is 0. The number of nitrogens with zero attached hydrogens (tertiary/aromatic N) is 3. The lowest BCUT2D eigenvalue weighted by Gasteiger charge is -2.48. The summed E-state index contributed by atoms with van der Waals surface area (Å²) in [6.45, 7) is 2.72. The Morgan fingerprint density at radius 2 is 2.05 bits per heavy atom. The lowest BCUT2D eigenvalue weighted by Crippen LogP contribution is -2.55. The smallest absolute Gasteiger partial charge is 0.208 e. The van der Waals surface area contributed by atoms with Crippen LogP contribution in [0.5, 0.6) is 0 Å². The molecule has 0 radical (unpaired) electrons. The summed E-state index contributed by atoms with van der Waals surface area (Å²) in [5, 5.41) is 10.9. The maximum Gasteiger partial charge on any atom is 0.208 e. The predicted octanol–water partition coefficient (Wildman–Crippen LogP) is 2.89. The van der Waals surface area contributed by atoms with Crippen molar-refractivity contribution in [3.05, 3.63) is 40.9 Å². The Bertz CT molecular complexity index is 609. The number of ether oxygens (including phenoxy) is 1. The van der Waals surface area contributed by atoms with Gasteiger partial charge in [0, 0.05) is 19.5 Å². The van der Waals surface area contributed by atoms with Crippen molar-refractivity contribution in [1.82, 2.24) is 10.2 Å². The Morgan fingerprint density at radius 1 is 1.19 bits per heavy atom. The second-order valence-electron chi connectivity index (χ2n) is 5.95. The highest BCUT2D eigenvalue weighted by atomic mass is 32.1. The lowest BCUT2D eigenvalue weighted by molar-refractivity contribution is -0.106. The summed E-state index contributed by atoms with van der Waals surface area (Å²) in [4.78, 5) is 2.36. The van der Waals surface area contributed by atoms with Gasteiger partial charge in [0.15, 0.2) is 0 Å². The van der Waals surface area contributed by atoms with Gasteiger partial charge in [0.2, 0.25) is 5.13 Å². The maximum absolute atomic E-state index is 5.97. The van der Waals surface area contributed by atoms with Crippen molar-refractivity contribution in [2.75, 3.05) is 24.6 Å². The molecule has 0 amide bonds. The fraction of sp³-hybridized carbons (Fsp3) is 0.500. The summed E-state index contributed by atoms with van der Waals surface area (Å²) in [6.07, 6.45) is 4.55. The van der Waals surface area contributed by atoms with Gasteiger partial charge in [-0.3, -0.25) is 0 Å². The number of aromatic nitrogens is 2. The average Bonchev–Trinajstić information content (AvgIpc) is 2.95. The molecule has 2 fully saturated rings. The molecule has 0 unspecified atom stereocenters. The molecule has 21 heavy (non-hydrogen) atoms. The Hall–Kier alpha value is -1.46. The fourth-order valence-corrected chi connectivity index (χ4v) is 3.99. The van der Waals surface area contributed by atoms with Gasteiger partial charge in [-0.25, -0.2) is 0 Å². The van der Waals surface area contributed by atoms with E-state index < -0.39 is 0 Å². The van der Waals surface area contributed by atoms with Crippen LogP contribution < -0.4 is 4.90 Å². The van der Waals surface area contributed by atoms with Gasteiger partial charge in [0.1, 0.15) is 5.01 Å². The van der Waals surface area contributed by atoms with Gasteiger partial charge < -0.3 is 9.64 Å². The van der Waals surface area contributed by atoms with E-state index in [1.165, 1.54) is 24.8 Å². The highest BCUT2D eigenvalue weighted by molar-refractivity contribution is 7.15. The molecule has 1 saturated heterocycles. The predicted molar refractivity (Wildman–Crippen MR) is 83.9 cm³/mol. The highest BCUT2D eigenvalue weighted by Gasteiger charge is 2.42. The molecule has 4 nitrogen and oxygen atoms in total. The molecule has 2 aliphatic rings. The van der Waals surface area contributed by atoms with Gasteiger partial charge in [0.05, 0.1) is 12.2 Å². The molecular weight excluding hydrogens is 282 g/mol. The Balaban J connectivity index is 1.46. The summed E-state index contributed by atoms with van der Waals surface area (Å²) < 4.78 is 5.97. The van der Waals surface area contributed by atoms with Gasteiger partial charge in [-0.05, 0) is 24.8 Å². The van der Waals surface area contributed by atoms with Gasteiger partial charge in [-0.15, -0.1) is 10.2 Å². The molecule has 5 heteroatoms. The van der Waals surface area contributed by atoms with Crippen LogP contribution in [0, 0.1) is 0 Å². The van der Waals surface area contributed by atoms with E-state index in [0.717, 1.165) is 36.3 Å². The number of hydrogen-bond acceptors (Lipinski definition) is 5. The minimum Gasteiger partial charge on any atom is -0.371 e. The van der Waals surface area contributed by atoms with Gasteiger partial charge >= 0.3 is 0 Å². The molecular formula is C16H19N3OS. The topological polar surface area (TPSA) is 38.2 Å². The number of rotatable bonds is 3. The minimum atomic E-state index is 0.115. The zero-order chi connectivity index (χ0) is 14.1. The molecule has 1 aromatic heterocycles. The first-order valence-corrected chi connectivity index (χ1v) is 8.40. The first kappa shape index (κ1) is 13.2. The number of morpholine rings is 1. The first-order chi connectivity index (χ1) is 10.3. The van der Waals surface area contributed by atoms with E-state index in [4.69, 9.17) is 4.74 Å². The SMILES string of the molecule is c1ccc(Cc2nnc(N3CCOC4(CCC4)C3)s2)cc1. The Kier molecular flexibility index (Phi) is 3.39. The molecule has 1 spiro atoms. The van der Waals surface area contributed by atoms with Crippen molar-refractivity contribution in [1.29, 1.82) is 0 Å². The van der Waals surface area contributed by atoms with Crippen LogP contribution >= 0.6 is 11.3 Å². The molecule has 0 bridgehead atoms. The van der Waals surface area contributed by atoms with Gasteiger partial charge in [-0.2, -0.15) is 0 Å². The zero-order valence-electron chi connectivity index (χ0n) is 12.0.